The summed E-state index contributed by atoms with van der Waals surface area (Å²) in [6, 6.07) is 9.12. The van der Waals surface area contributed by atoms with Crippen LogP contribution in [-0.4, -0.2) is 14.9 Å². The molecule has 0 unspecified atom stereocenters. The lowest BCUT2D eigenvalue weighted by Crippen LogP contribution is -2.16. The summed E-state index contributed by atoms with van der Waals surface area (Å²) < 4.78 is 3.63. The molecule has 0 saturated carbocycles. The summed E-state index contributed by atoms with van der Waals surface area (Å²) in [5.74, 6) is 0.133. The number of pyridine rings is 1. The van der Waals surface area contributed by atoms with Crippen molar-refractivity contribution < 1.29 is 4.79 Å². The van der Waals surface area contributed by atoms with E-state index in [4.69, 9.17) is 0 Å². The topological polar surface area (TPSA) is 44.0 Å². The molecule has 0 atom stereocenters. The van der Waals surface area contributed by atoms with Gasteiger partial charge in [-0.3, -0.25) is 14.2 Å². The van der Waals surface area contributed by atoms with E-state index < -0.39 is 0 Å². The molecule has 4 nitrogen and oxygen atoms in total. The molecule has 0 aliphatic rings. The van der Waals surface area contributed by atoms with Gasteiger partial charge in [0.2, 0.25) is 0 Å². The van der Waals surface area contributed by atoms with Crippen LogP contribution in [0.3, 0.4) is 0 Å². The molecule has 0 saturated heterocycles. The average molecular weight is 268 g/mol. The number of hydrogen-bond donors (Lipinski definition) is 0. The lowest BCUT2D eigenvalue weighted by molar-refractivity contribution is 0.0988. The van der Waals surface area contributed by atoms with Crippen molar-refractivity contribution in [1.82, 2.24) is 9.13 Å². The predicted octanol–water partition coefficient (Wildman–Crippen LogP) is 2.62. The molecule has 0 aliphatic carbocycles. The smallest absolute Gasteiger partial charge is 0.251 e. The van der Waals surface area contributed by atoms with E-state index in [2.05, 4.69) is 0 Å². The van der Waals surface area contributed by atoms with Gasteiger partial charge in [0.15, 0.2) is 5.78 Å². The van der Waals surface area contributed by atoms with Gasteiger partial charge in [-0.15, -0.1) is 0 Å². The highest BCUT2D eigenvalue weighted by atomic mass is 16.1. The van der Waals surface area contributed by atoms with Crippen molar-refractivity contribution in [3.8, 4) is 0 Å². The van der Waals surface area contributed by atoms with Crippen LogP contribution < -0.4 is 5.56 Å². The van der Waals surface area contributed by atoms with E-state index in [-0.39, 0.29) is 11.3 Å². The van der Waals surface area contributed by atoms with E-state index in [1.54, 1.807) is 17.7 Å². The minimum atomic E-state index is -0.0340. The van der Waals surface area contributed by atoms with Gasteiger partial charge in [0.05, 0.1) is 5.52 Å². The molecule has 0 N–H and O–H groups in total. The molecular weight excluding hydrogens is 252 g/mol. The molecule has 2 aromatic heterocycles. The zero-order valence-corrected chi connectivity index (χ0v) is 11.8. The number of ketones is 1. The maximum absolute atomic E-state index is 11.9. The van der Waals surface area contributed by atoms with Gasteiger partial charge >= 0.3 is 0 Å². The molecule has 102 valence electrons. The first kappa shape index (κ1) is 12.7. The summed E-state index contributed by atoms with van der Waals surface area (Å²) in [5.41, 5.74) is 2.58. The van der Waals surface area contributed by atoms with Crippen LogP contribution in [-0.2, 0) is 14.1 Å². The van der Waals surface area contributed by atoms with Gasteiger partial charge < -0.3 is 4.57 Å². The number of rotatable bonds is 2. The van der Waals surface area contributed by atoms with Crippen LogP contribution in [0.4, 0.5) is 0 Å². The molecule has 2 heterocycles. The first-order chi connectivity index (χ1) is 9.54. The van der Waals surface area contributed by atoms with E-state index in [0.717, 1.165) is 27.5 Å². The molecule has 1 aromatic carbocycles. The second-order valence-corrected chi connectivity index (χ2v) is 5.04. The fourth-order valence-corrected chi connectivity index (χ4v) is 2.78. The number of nitrogens with zero attached hydrogens (tertiary/aromatic N) is 2. The van der Waals surface area contributed by atoms with Crippen LogP contribution in [0.1, 0.15) is 23.7 Å². The third-order valence-electron chi connectivity index (χ3n) is 3.89. The van der Waals surface area contributed by atoms with Crippen molar-refractivity contribution >= 4 is 27.7 Å². The van der Waals surface area contributed by atoms with Crippen molar-refractivity contribution in [2.45, 2.75) is 13.3 Å². The molecule has 0 fully saturated rings. The number of Topliss-reactive ketones (excluding diaryl/α,β-unsaturated/α-hetero) is 1. The number of hydrogen-bond acceptors (Lipinski definition) is 2. The Morgan fingerprint density at radius 2 is 1.80 bits per heavy atom. The number of aryl methyl sites for hydroxylation is 2. The Bertz CT molecular complexity index is 900. The average Bonchev–Trinajstić information content (AvgIpc) is 2.75. The third-order valence-corrected chi connectivity index (χ3v) is 3.89. The van der Waals surface area contributed by atoms with E-state index in [1.165, 1.54) is 0 Å². The van der Waals surface area contributed by atoms with Crippen molar-refractivity contribution in [2.75, 3.05) is 0 Å². The molecule has 4 heteroatoms. The lowest BCUT2D eigenvalue weighted by atomic mass is 10.1. The Morgan fingerprint density at radius 1 is 1.05 bits per heavy atom. The van der Waals surface area contributed by atoms with Crippen molar-refractivity contribution in [1.29, 1.82) is 0 Å². The lowest BCUT2D eigenvalue weighted by Gasteiger charge is -2.03. The van der Waals surface area contributed by atoms with Gasteiger partial charge in [-0.25, -0.2) is 0 Å². The number of fused-ring (bicyclic) bond motifs is 3. The summed E-state index contributed by atoms with van der Waals surface area (Å²) >= 11 is 0. The maximum Gasteiger partial charge on any atom is 0.251 e. The molecule has 0 bridgehead atoms. The molecule has 0 aliphatic heterocycles. The van der Waals surface area contributed by atoms with E-state index in [1.807, 2.05) is 42.8 Å². The summed E-state index contributed by atoms with van der Waals surface area (Å²) in [6.07, 6.45) is 0.495. The van der Waals surface area contributed by atoms with E-state index >= 15 is 0 Å². The molecule has 0 radical (unpaired) electrons. The van der Waals surface area contributed by atoms with Crippen LogP contribution in [0.2, 0.25) is 0 Å². The molecule has 0 spiro atoms. The number of aromatic nitrogens is 2. The van der Waals surface area contributed by atoms with Crippen molar-refractivity contribution in [3.63, 3.8) is 0 Å². The van der Waals surface area contributed by atoms with Gasteiger partial charge in [-0.1, -0.05) is 6.92 Å². The van der Waals surface area contributed by atoms with Crippen LogP contribution in [0.25, 0.3) is 21.9 Å². The Balaban J connectivity index is 2.47. The van der Waals surface area contributed by atoms with Crippen LogP contribution in [0.15, 0.2) is 35.1 Å². The zero-order chi connectivity index (χ0) is 14.4. The molecule has 20 heavy (non-hydrogen) atoms. The molecule has 0 amide bonds. The minimum Gasteiger partial charge on any atom is -0.330 e. The van der Waals surface area contributed by atoms with E-state index in [0.29, 0.717) is 6.42 Å². The highest BCUT2D eigenvalue weighted by Crippen LogP contribution is 2.28. The van der Waals surface area contributed by atoms with Crippen LogP contribution in [0.5, 0.6) is 0 Å². The monoisotopic (exact) mass is 268 g/mol. The predicted molar refractivity (Wildman–Crippen MR) is 80.3 cm³/mol. The Kier molecular flexibility index (Phi) is 2.74. The highest BCUT2D eigenvalue weighted by molar-refractivity contribution is 6.09. The van der Waals surface area contributed by atoms with Gasteiger partial charge in [-0.05, 0) is 24.3 Å². The standard InChI is InChI=1S/C16H16N2O2/c1-4-14(19)10-5-7-13-12(9-10)11-6-8-15(20)18(3)16(11)17(13)2/h5-9H,4H2,1-3H3. The van der Waals surface area contributed by atoms with Gasteiger partial charge in [0, 0.05) is 42.9 Å². The zero-order valence-electron chi connectivity index (χ0n) is 11.8. The largest absolute Gasteiger partial charge is 0.330 e. The maximum atomic E-state index is 11.9. The summed E-state index contributed by atoms with van der Waals surface area (Å²) in [6.45, 7) is 1.86. The number of carbonyl (C=O) groups is 1. The van der Waals surface area contributed by atoms with Crippen LogP contribution in [0, 0.1) is 0 Å². The second-order valence-electron chi connectivity index (χ2n) is 5.04. The Morgan fingerprint density at radius 3 is 2.50 bits per heavy atom. The molecule has 3 rings (SSSR count). The van der Waals surface area contributed by atoms with E-state index in [9.17, 15) is 9.59 Å². The first-order valence-electron chi connectivity index (χ1n) is 6.66. The first-order valence-corrected chi connectivity index (χ1v) is 6.66. The fourth-order valence-electron chi connectivity index (χ4n) is 2.78. The van der Waals surface area contributed by atoms with Gasteiger partial charge in [-0.2, -0.15) is 0 Å². The SMILES string of the molecule is CCC(=O)c1ccc2c(c1)c1ccc(=O)n(C)c1n2C. The summed E-state index contributed by atoms with van der Waals surface area (Å²) in [4.78, 5) is 23.6. The van der Waals surface area contributed by atoms with Crippen molar-refractivity contribution in [2.24, 2.45) is 14.1 Å². The quantitative estimate of drug-likeness (QED) is 0.671. The fraction of sp³-hybridized carbons (Fsp3) is 0.250. The Hall–Kier alpha value is -2.36. The minimum absolute atomic E-state index is 0.0340. The number of benzene rings is 1. The van der Waals surface area contributed by atoms with Crippen molar-refractivity contribution in [3.05, 3.63) is 46.2 Å². The van der Waals surface area contributed by atoms with Crippen LogP contribution >= 0.6 is 0 Å². The normalized spacial score (nSPS) is 11.3. The Labute approximate surface area is 116 Å². The van der Waals surface area contributed by atoms with Gasteiger partial charge in [0.25, 0.3) is 5.56 Å². The second kappa shape index (κ2) is 4.34. The summed E-state index contributed by atoms with van der Waals surface area (Å²) in [5, 5.41) is 2.01. The highest BCUT2D eigenvalue weighted by Gasteiger charge is 2.13. The van der Waals surface area contributed by atoms with Gasteiger partial charge in [0.1, 0.15) is 5.65 Å². The number of carbonyl (C=O) groups excluding carboxylic acids is 1. The molecular formula is C16H16N2O2. The summed E-state index contributed by atoms with van der Waals surface area (Å²) in [7, 11) is 3.70. The molecule has 3 aromatic rings. The third kappa shape index (κ3) is 1.61.